The monoisotopic (exact) mass is 634 g/mol. The molecule has 0 saturated carbocycles. The maximum atomic E-state index is 13.3. The van der Waals surface area contributed by atoms with Crippen LogP contribution in [0.15, 0.2) is 23.7 Å². The SMILES string of the molecule is CCOC(=O)C1CCN(c2ncc(C(=O)Nc3nc(-c4cc(Cl)cs4)c(N4CC5CCN(C)C5C4)s3)cc2Cl)CC1. The molecule has 1 amide bonds. The first-order chi connectivity index (χ1) is 19.8. The van der Waals surface area contributed by atoms with E-state index in [0.717, 1.165) is 35.2 Å². The summed E-state index contributed by atoms with van der Waals surface area (Å²) in [6.45, 7) is 6.56. The van der Waals surface area contributed by atoms with Crippen LogP contribution in [-0.4, -0.2) is 79.2 Å². The van der Waals surface area contributed by atoms with Crippen molar-refractivity contribution >= 4 is 73.7 Å². The number of fused-ring (bicyclic) bond motifs is 1. The van der Waals surface area contributed by atoms with Gasteiger partial charge >= 0.3 is 5.97 Å². The van der Waals surface area contributed by atoms with Gasteiger partial charge in [-0.25, -0.2) is 9.97 Å². The molecule has 13 heteroatoms. The highest BCUT2D eigenvalue weighted by atomic mass is 35.5. The number of esters is 1. The van der Waals surface area contributed by atoms with Gasteiger partial charge in [0, 0.05) is 43.8 Å². The van der Waals surface area contributed by atoms with Crippen molar-refractivity contribution in [2.24, 2.45) is 11.8 Å². The van der Waals surface area contributed by atoms with E-state index in [9.17, 15) is 9.59 Å². The number of carbonyl (C=O) groups excluding carboxylic acids is 2. The van der Waals surface area contributed by atoms with Gasteiger partial charge in [0.05, 0.1) is 33.0 Å². The number of likely N-dealkylation sites (tertiary alicyclic amines) is 1. The number of pyridine rings is 1. The standard InChI is InChI=1S/C28H32Cl2N6O3S2/c1-3-39-27(38)16-5-8-35(9-6-16)24-20(30)10-18(12-31-24)25(37)33-28-32-23(22-11-19(29)15-40-22)26(41-28)36-13-17-4-7-34(2)21(17)14-36/h10-12,15-17,21H,3-9,13-14H2,1-2H3,(H,32,33,37). The Hall–Kier alpha value is -2.44. The van der Waals surface area contributed by atoms with E-state index in [2.05, 4.69) is 27.1 Å². The van der Waals surface area contributed by atoms with Crippen molar-refractivity contribution < 1.29 is 14.3 Å². The van der Waals surface area contributed by atoms with Crippen molar-refractivity contribution in [1.29, 1.82) is 0 Å². The van der Waals surface area contributed by atoms with Crippen LogP contribution in [0.25, 0.3) is 10.6 Å². The molecule has 2 atom stereocenters. The summed E-state index contributed by atoms with van der Waals surface area (Å²) in [5.41, 5.74) is 1.21. The number of ether oxygens (including phenoxy) is 1. The van der Waals surface area contributed by atoms with E-state index < -0.39 is 0 Å². The molecule has 6 heterocycles. The number of aromatic nitrogens is 2. The molecule has 1 N–H and O–H groups in total. The summed E-state index contributed by atoms with van der Waals surface area (Å²) in [6.07, 6.45) is 4.10. The minimum absolute atomic E-state index is 0.102. The van der Waals surface area contributed by atoms with Crippen molar-refractivity contribution in [3.63, 3.8) is 0 Å². The van der Waals surface area contributed by atoms with Crippen LogP contribution < -0.4 is 15.1 Å². The van der Waals surface area contributed by atoms with Crippen molar-refractivity contribution in [1.82, 2.24) is 14.9 Å². The summed E-state index contributed by atoms with van der Waals surface area (Å²) in [4.78, 5) is 42.6. The average molecular weight is 636 g/mol. The number of anilines is 3. The van der Waals surface area contributed by atoms with Crippen LogP contribution in [0.3, 0.4) is 0 Å². The quantitative estimate of drug-likeness (QED) is 0.329. The third kappa shape index (κ3) is 5.92. The molecule has 0 aromatic carbocycles. The van der Waals surface area contributed by atoms with Gasteiger partial charge in [-0.1, -0.05) is 34.5 Å². The highest BCUT2D eigenvalue weighted by Gasteiger charge is 2.41. The van der Waals surface area contributed by atoms with E-state index in [0.29, 0.717) is 71.1 Å². The van der Waals surface area contributed by atoms with Gasteiger partial charge in [0.2, 0.25) is 0 Å². The molecule has 3 saturated heterocycles. The molecule has 41 heavy (non-hydrogen) atoms. The van der Waals surface area contributed by atoms with Crippen molar-refractivity contribution in [2.75, 3.05) is 61.5 Å². The number of thiophene rings is 1. The van der Waals surface area contributed by atoms with Crippen LogP contribution in [0, 0.1) is 11.8 Å². The van der Waals surface area contributed by atoms with Crippen molar-refractivity contribution in [3.05, 3.63) is 39.3 Å². The molecule has 3 aliphatic heterocycles. The van der Waals surface area contributed by atoms with Crippen LogP contribution in [0.4, 0.5) is 16.0 Å². The number of hydrogen-bond donors (Lipinski definition) is 1. The zero-order valence-corrected chi connectivity index (χ0v) is 26.1. The molecule has 0 radical (unpaired) electrons. The number of amides is 1. The number of nitrogens with zero attached hydrogens (tertiary/aromatic N) is 5. The highest BCUT2D eigenvalue weighted by molar-refractivity contribution is 7.21. The van der Waals surface area contributed by atoms with Crippen LogP contribution in [0.5, 0.6) is 0 Å². The van der Waals surface area contributed by atoms with Gasteiger partial charge in [-0.2, -0.15) is 0 Å². The Morgan fingerprint density at radius 3 is 2.61 bits per heavy atom. The van der Waals surface area contributed by atoms with Gasteiger partial charge in [0.15, 0.2) is 5.13 Å². The van der Waals surface area contributed by atoms with E-state index in [1.54, 1.807) is 23.6 Å². The Kier molecular flexibility index (Phi) is 8.42. The number of hydrogen-bond acceptors (Lipinski definition) is 10. The lowest BCUT2D eigenvalue weighted by atomic mass is 9.97. The Balaban J connectivity index is 1.17. The summed E-state index contributed by atoms with van der Waals surface area (Å²) in [6, 6.07) is 4.11. The molecule has 0 bridgehead atoms. The molecule has 3 aromatic heterocycles. The number of carbonyl (C=O) groups is 2. The lowest BCUT2D eigenvalue weighted by Gasteiger charge is -2.32. The molecule has 218 valence electrons. The Morgan fingerprint density at radius 2 is 1.93 bits per heavy atom. The molecule has 3 fully saturated rings. The minimum Gasteiger partial charge on any atom is -0.466 e. The normalized spacial score (nSPS) is 21.4. The number of rotatable bonds is 7. The van der Waals surface area contributed by atoms with Gasteiger partial charge in [-0.05, 0) is 57.8 Å². The molecular weight excluding hydrogens is 603 g/mol. The summed E-state index contributed by atoms with van der Waals surface area (Å²) in [5, 5.41) is 7.53. The molecular formula is C28H32Cl2N6O3S2. The summed E-state index contributed by atoms with van der Waals surface area (Å²) in [5.74, 6) is 0.690. The fraction of sp³-hybridized carbons (Fsp3) is 0.500. The average Bonchev–Trinajstić information content (AvgIpc) is 3.74. The second kappa shape index (κ2) is 12.0. The number of thiazole rings is 1. The predicted molar refractivity (Wildman–Crippen MR) is 166 cm³/mol. The number of halogens is 2. The molecule has 6 rings (SSSR count). The molecule has 3 aliphatic rings. The maximum absolute atomic E-state index is 13.3. The largest absolute Gasteiger partial charge is 0.466 e. The summed E-state index contributed by atoms with van der Waals surface area (Å²) in [7, 11) is 2.20. The Bertz CT molecular complexity index is 1440. The van der Waals surface area contributed by atoms with Crippen molar-refractivity contribution in [2.45, 2.75) is 32.2 Å². The summed E-state index contributed by atoms with van der Waals surface area (Å²) >= 11 is 15.9. The van der Waals surface area contributed by atoms with Crippen LogP contribution in [0.1, 0.15) is 36.5 Å². The van der Waals surface area contributed by atoms with Gasteiger partial charge in [-0.15, -0.1) is 11.3 Å². The molecule has 0 aliphatic carbocycles. The fourth-order valence-corrected chi connectivity index (χ4v) is 8.47. The molecule has 9 nitrogen and oxygen atoms in total. The van der Waals surface area contributed by atoms with E-state index >= 15 is 0 Å². The predicted octanol–water partition coefficient (Wildman–Crippen LogP) is 5.75. The number of likely N-dealkylation sites (N-methyl/N-ethyl adjacent to an activating group) is 1. The second-order valence-corrected chi connectivity index (χ2v) is 13.5. The smallest absolute Gasteiger partial charge is 0.309 e. The highest BCUT2D eigenvalue weighted by Crippen LogP contribution is 2.45. The second-order valence-electron chi connectivity index (χ2n) is 10.8. The lowest BCUT2D eigenvalue weighted by molar-refractivity contribution is -0.148. The first-order valence-corrected chi connectivity index (χ1v) is 16.3. The van der Waals surface area contributed by atoms with Crippen LogP contribution in [0.2, 0.25) is 10.0 Å². The fourth-order valence-electron chi connectivity index (χ4n) is 6.06. The van der Waals surface area contributed by atoms with E-state index in [-0.39, 0.29) is 17.8 Å². The zero-order chi connectivity index (χ0) is 28.7. The lowest BCUT2D eigenvalue weighted by Crippen LogP contribution is -2.37. The van der Waals surface area contributed by atoms with Gasteiger partial charge in [0.25, 0.3) is 5.91 Å². The summed E-state index contributed by atoms with van der Waals surface area (Å²) < 4.78 is 5.16. The number of piperidine rings is 1. The van der Waals surface area contributed by atoms with Crippen LogP contribution >= 0.6 is 45.9 Å². The Labute approximate surface area is 257 Å². The zero-order valence-electron chi connectivity index (χ0n) is 22.9. The minimum atomic E-state index is -0.318. The molecule has 2 unspecified atom stereocenters. The van der Waals surface area contributed by atoms with Gasteiger partial charge in [0.1, 0.15) is 16.5 Å². The van der Waals surface area contributed by atoms with Crippen molar-refractivity contribution in [3.8, 4) is 10.6 Å². The number of nitrogens with one attached hydrogen (secondary N) is 1. The maximum Gasteiger partial charge on any atom is 0.309 e. The van der Waals surface area contributed by atoms with E-state index in [1.165, 1.54) is 17.8 Å². The first-order valence-electron chi connectivity index (χ1n) is 13.9. The van der Waals surface area contributed by atoms with Gasteiger partial charge < -0.3 is 19.4 Å². The molecule has 0 spiro atoms. The topological polar surface area (TPSA) is 90.9 Å². The van der Waals surface area contributed by atoms with E-state index in [1.807, 2.05) is 23.3 Å². The van der Waals surface area contributed by atoms with Gasteiger partial charge in [-0.3, -0.25) is 14.9 Å². The Morgan fingerprint density at radius 1 is 1.12 bits per heavy atom. The third-order valence-corrected chi connectivity index (χ3v) is 10.8. The first kappa shape index (κ1) is 28.7. The van der Waals surface area contributed by atoms with Crippen LogP contribution in [-0.2, 0) is 9.53 Å². The third-order valence-electron chi connectivity index (χ3n) is 8.24. The van der Waals surface area contributed by atoms with E-state index in [4.69, 9.17) is 32.9 Å². The molecule has 3 aromatic rings.